The van der Waals surface area contributed by atoms with E-state index in [0.29, 0.717) is 11.3 Å². The van der Waals surface area contributed by atoms with Gasteiger partial charge in [0.05, 0.1) is 0 Å². The van der Waals surface area contributed by atoms with Crippen LogP contribution in [0, 0.1) is 0 Å². The number of hydrogen-bond donors (Lipinski definition) is 2. The number of aliphatic hydroxyl groups is 1. The fourth-order valence-corrected chi connectivity index (χ4v) is 2.13. The Bertz CT molecular complexity index is 585. The van der Waals surface area contributed by atoms with Crippen molar-refractivity contribution in [1.29, 1.82) is 0 Å². The molecule has 3 N–H and O–H groups in total. The predicted octanol–water partition coefficient (Wildman–Crippen LogP) is 3.68. The highest BCUT2D eigenvalue weighted by Gasteiger charge is 2.14. The largest absolute Gasteiger partial charge is 0.491 e. The van der Waals surface area contributed by atoms with Gasteiger partial charge in [-0.15, -0.1) is 0 Å². The Morgan fingerprint density at radius 1 is 1.05 bits per heavy atom. The minimum Gasteiger partial charge on any atom is -0.491 e. The normalized spacial score (nSPS) is 13.0. The van der Waals surface area contributed by atoms with Gasteiger partial charge in [-0.25, -0.2) is 0 Å². The van der Waals surface area contributed by atoms with Crippen molar-refractivity contribution in [3.63, 3.8) is 0 Å². The van der Waals surface area contributed by atoms with E-state index < -0.39 is 6.10 Å². The molecule has 2 rings (SSSR count). The van der Waals surface area contributed by atoms with E-state index in [9.17, 15) is 5.11 Å². The first kappa shape index (κ1) is 15.4. The molecule has 21 heavy (non-hydrogen) atoms. The zero-order valence-electron chi connectivity index (χ0n) is 12.8. The third-order valence-electron chi connectivity index (χ3n) is 3.48. The maximum atomic E-state index is 10.1. The molecular weight excluding hydrogens is 262 g/mol. The standard InChI is InChI=1S/C18H23NO2/c1-18(2,3)13-8-10-14(11-9-13)21-12-17(20)15-6-4-5-7-16(15)19/h4-11,17,20H,12,19H2,1-3H3. The summed E-state index contributed by atoms with van der Waals surface area (Å²) in [6.45, 7) is 6.70. The van der Waals surface area contributed by atoms with Crippen molar-refractivity contribution in [2.75, 3.05) is 12.3 Å². The van der Waals surface area contributed by atoms with Crippen molar-refractivity contribution in [3.8, 4) is 5.75 Å². The molecule has 0 amide bonds. The topological polar surface area (TPSA) is 55.5 Å². The van der Waals surface area contributed by atoms with Gasteiger partial charge in [0, 0.05) is 11.3 Å². The fraction of sp³-hybridized carbons (Fsp3) is 0.333. The maximum Gasteiger partial charge on any atom is 0.119 e. The molecule has 3 nitrogen and oxygen atoms in total. The van der Waals surface area contributed by atoms with Gasteiger partial charge in [0.2, 0.25) is 0 Å². The summed E-state index contributed by atoms with van der Waals surface area (Å²) in [5, 5.41) is 10.1. The van der Waals surface area contributed by atoms with Crippen LogP contribution in [0.2, 0.25) is 0 Å². The van der Waals surface area contributed by atoms with E-state index in [1.807, 2.05) is 30.3 Å². The fourth-order valence-electron chi connectivity index (χ4n) is 2.13. The summed E-state index contributed by atoms with van der Waals surface area (Å²) < 4.78 is 5.64. The number of rotatable bonds is 4. The lowest BCUT2D eigenvalue weighted by Gasteiger charge is -2.19. The molecular formula is C18H23NO2. The zero-order chi connectivity index (χ0) is 15.5. The number of hydrogen-bond acceptors (Lipinski definition) is 3. The molecule has 0 aromatic heterocycles. The number of ether oxygens (including phenoxy) is 1. The minimum absolute atomic E-state index is 0.122. The average molecular weight is 285 g/mol. The lowest BCUT2D eigenvalue weighted by molar-refractivity contribution is 0.109. The molecule has 2 aromatic carbocycles. The van der Waals surface area contributed by atoms with Crippen LogP contribution in [0.3, 0.4) is 0 Å². The smallest absolute Gasteiger partial charge is 0.119 e. The number of nitrogen functional groups attached to an aromatic ring is 1. The van der Waals surface area contributed by atoms with Crippen LogP contribution in [-0.2, 0) is 5.41 Å². The molecule has 112 valence electrons. The van der Waals surface area contributed by atoms with Gasteiger partial charge in [0.15, 0.2) is 0 Å². The van der Waals surface area contributed by atoms with Crippen molar-refractivity contribution in [3.05, 3.63) is 59.7 Å². The number of nitrogens with two attached hydrogens (primary N) is 1. The Hall–Kier alpha value is -2.00. The summed E-state index contributed by atoms with van der Waals surface area (Å²) in [4.78, 5) is 0. The molecule has 0 saturated carbocycles. The number of benzene rings is 2. The van der Waals surface area contributed by atoms with E-state index in [4.69, 9.17) is 10.5 Å². The van der Waals surface area contributed by atoms with E-state index in [1.54, 1.807) is 6.07 Å². The molecule has 0 aliphatic heterocycles. The van der Waals surface area contributed by atoms with E-state index in [1.165, 1.54) is 5.56 Å². The van der Waals surface area contributed by atoms with E-state index in [0.717, 1.165) is 5.75 Å². The number of anilines is 1. The highest BCUT2D eigenvalue weighted by atomic mass is 16.5. The van der Waals surface area contributed by atoms with E-state index >= 15 is 0 Å². The quantitative estimate of drug-likeness (QED) is 0.843. The summed E-state index contributed by atoms with van der Waals surface area (Å²) in [7, 11) is 0. The van der Waals surface area contributed by atoms with Gasteiger partial charge >= 0.3 is 0 Å². The second-order valence-corrected chi connectivity index (χ2v) is 6.23. The minimum atomic E-state index is -0.728. The van der Waals surface area contributed by atoms with Gasteiger partial charge in [0.1, 0.15) is 18.5 Å². The maximum absolute atomic E-state index is 10.1. The summed E-state index contributed by atoms with van der Waals surface area (Å²) in [6, 6.07) is 15.3. The Morgan fingerprint density at radius 3 is 2.24 bits per heavy atom. The Balaban J connectivity index is 1.99. The molecule has 0 saturated heterocycles. The summed E-state index contributed by atoms with van der Waals surface area (Å²) in [5.74, 6) is 0.747. The third-order valence-corrected chi connectivity index (χ3v) is 3.48. The first-order chi connectivity index (χ1) is 9.88. The van der Waals surface area contributed by atoms with Crippen molar-refractivity contribution in [2.45, 2.75) is 32.3 Å². The number of para-hydroxylation sites is 1. The average Bonchev–Trinajstić information content (AvgIpc) is 2.45. The molecule has 0 radical (unpaired) electrons. The lowest BCUT2D eigenvalue weighted by atomic mass is 9.87. The highest BCUT2D eigenvalue weighted by Crippen LogP contribution is 2.25. The van der Waals surface area contributed by atoms with Gasteiger partial charge in [-0.2, -0.15) is 0 Å². The molecule has 0 aliphatic carbocycles. The molecule has 0 heterocycles. The van der Waals surface area contributed by atoms with E-state index in [-0.39, 0.29) is 12.0 Å². The van der Waals surface area contributed by atoms with Crippen molar-refractivity contribution in [1.82, 2.24) is 0 Å². The van der Waals surface area contributed by atoms with Gasteiger partial charge in [-0.3, -0.25) is 0 Å². The molecule has 0 aliphatic rings. The van der Waals surface area contributed by atoms with Gasteiger partial charge in [0.25, 0.3) is 0 Å². The van der Waals surface area contributed by atoms with Gasteiger partial charge in [-0.1, -0.05) is 51.1 Å². The monoisotopic (exact) mass is 285 g/mol. The second kappa shape index (κ2) is 6.19. The van der Waals surface area contributed by atoms with Crippen molar-refractivity contribution < 1.29 is 9.84 Å². The van der Waals surface area contributed by atoms with E-state index in [2.05, 4.69) is 32.9 Å². The summed E-state index contributed by atoms with van der Waals surface area (Å²) in [5.41, 5.74) is 8.49. The van der Waals surface area contributed by atoms with Crippen LogP contribution in [0.25, 0.3) is 0 Å². The molecule has 0 spiro atoms. The van der Waals surface area contributed by atoms with Crippen LogP contribution in [0.4, 0.5) is 5.69 Å². The van der Waals surface area contributed by atoms with Crippen molar-refractivity contribution >= 4 is 5.69 Å². The Morgan fingerprint density at radius 2 is 1.67 bits per heavy atom. The predicted molar refractivity (Wildman–Crippen MR) is 86.5 cm³/mol. The molecule has 3 heteroatoms. The van der Waals surface area contributed by atoms with Crippen molar-refractivity contribution in [2.24, 2.45) is 0 Å². The second-order valence-electron chi connectivity index (χ2n) is 6.23. The molecule has 2 aromatic rings. The number of aliphatic hydroxyl groups excluding tert-OH is 1. The zero-order valence-corrected chi connectivity index (χ0v) is 12.8. The highest BCUT2D eigenvalue weighted by molar-refractivity contribution is 5.47. The SMILES string of the molecule is CC(C)(C)c1ccc(OCC(O)c2ccccc2N)cc1. The molecule has 1 unspecified atom stereocenters. The Kier molecular flexibility index (Phi) is 4.53. The van der Waals surface area contributed by atoms with Crippen LogP contribution in [0.1, 0.15) is 38.0 Å². The first-order valence-electron chi connectivity index (χ1n) is 7.14. The molecule has 1 atom stereocenters. The molecule has 0 fully saturated rings. The first-order valence-corrected chi connectivity index (χ1v) is 7.14. The summed E-state index contributed by atoms with van der Waals surface area (Å²) in [6.07, 6.45) is -0.728. The van der Waals surface area contributed by atoms with Crippen LogP contribution in [0.5, 0.6) is 5.75 Å². The van der Waals surface area contributed by atoms with Crippen LogP contribution in [-0.4, -0.2) is 11.7 Å². The summed E-state index contributed by atoms with van der Waals surface area (Å²) >= 11 is 0. The lowest BCUT2D eigenvalue weighted by Crippen LogP contribution is -2.12. The third kappa shape index (κ3) is 3.99. The van der Waals surface area contributed by atoms with Crippen LogP contribution < -0.4 is 10.5 Å². The van der Waals surface area contributed by atoms with Crippen LogP contribution in [0.15, 0.2) is 48.5 Å². The van der Waals surface area contributed by atoms with Gasteiger partial charge in [-0.05, 0) is 29.2 Å². The van der Waals surface area contributed by atoms with Crippen LogP contribution >= 0.6 is 0 Å². The molecule has 0 bridgehead atoms. The Labute approximate surface area is 126 Å². The van der Waals surface area contributed by atoms with Gasteiger partial charge < -0.3 is 15.6 Å².